The van der Waals surface area contributed by atoms with Crippen LogP contribution in [0.15, 0.2) is 78.2 Å². The van der Waals surface area contributed by atoms with Crippen LogP contribution < -0.4 is 10.6 Å². The molecule has 4 rings (SSSR count). The topological polar surface area (TPSA) is 71.1 Å². The van der Waals surface area contributed by atoms with Crippen LogP contribution in [0.4, 0.5) is 24.0 Å². The first-order valence-electron chi connectivity index (χ1n) is 10.8. The summed E-state index contributed by atoms with van der Waals surface area (Å²) in [5, 5.41) is 7.82. The second-order valence-corrected chi connectivity index (χ2v) is 8.65. The number of hydrogen-bond acceptors (Lipinski definition) is 4. The van der Waals surface area contributed by atoms with Crippen molar-refractivity contribution in [3.8, 4) is 11.1 Å². The Hall–Kier alpha value is -4.24. The molecule has 5 nitrogen and oxygen atoms in total. The van der Waals surface area contributed by atoms with Crippen LogP contribution in [0, 0.1) is 0 Å². The third-order valence-electron chi connectivity index (χ3n) is 5.11. The third-order valence-corrected chi connectivity index (χ3v) is 5.89. The molecule has 0 unspecified atom stereocenters. The lowest BCUT2D eigenvalue weighted by Crippen LogP contribution is -2.13. The minimum Gasteiger partial charge on any atom is -0.322 e. The van der Waals surface area contributed by atoms with Crippen molar-refractivity contribution in [2.24, 2.45) is 0 Å². The van der Waals surface area contributed by atoms with Gasteiger partial charge < -0.3 is 10.6 Å². The molecule has 0 bridgehead atoms. The molecule has 2 amide bonds. The fourth-order valence-electron chi connectivity index (χ4n) is 3.40. The highest BCUT2D eigenvalue weighted by atomic mass is 32.1. The highest BCUT2D eigenvalue weighted by molar-refractivity contribution is 7.14. The molecule has 0 atom stereocenters. The van der Waals surface area contributed by atoms with Crippen LogP contribution in [-0.4, -0.2) is 16.8 Å². The maximum absolute atomic E-state index is 13.0. The van der Waals surface area contributed by atoms with Gasteiger partial charge in [-0.25, -0.2) is 4.98 Å². The van der Waals surface area contributed by atoms with Gasteiger partial charge in [0.1, 0.15) is 0 Å². The molecule has 9 heteroatoms. The fourth-order valence-corrected chi connectivity index (χ4v) is 4.12. The van der Waals surface area contributed by atoms with Crippen molar-refractivity contribution in [2.75, 3.05) is 10.6 Å². The number of nitrogens with one attached hydrogen (secondary N) is 2. The average molecular weight is 508 g/mol. The van der Waals surface area contributed by atoms with E-state index in [0.29, 0.717) is 33.2 Å². The van der Waals surface area contributed by atoms with Gasteiger partial charge in [-0.1, -0.05) is 48.5 Å². The lowest BCUT2D eigenvalue weighted by Gasteiger charge is -2.12. The summed E-state index contributed by atoms with van der Waals surface area (Å²) in [4.78, 5) is 28.4. The van der Waals surface area contributed by atoms with Gasteiger partial charge in [-0.15, -0.1) is 11.3 Å². The Morgan fingerprint density at radius 1 is 0.889 bits per heavy atom. The van der Waals surface area contributed by atoms with Gasteiger partial charge in [0.05, 0.1) is 11.3 Å². The number of anilines is 2. The number of benzene rings is 3. The van der Waals surface area contributed by atoms with E-state index in [9.17, 15) is 22.8 Å². The summed E-state index contributed by atoms with van der Waals surface area (Å²) in [6.07, 6.45) is -0.750. The highest BCUT2D eigenvalue weighted by Gasteiger charge is 2.30. The number of nitrogens with zero attached hydrogens (tertiary/aromatic N) is 1. The van der Waals surface area contributed by atoms with Crippen LogP contribution in [0.5, 0.6) is 0 Å². The number of alkyl halides is 3. The number of carbonyl (C=O) groups excluding carboxylic acids is 2. The van der Waals surface area contributed by atoms with Gasteiger partial charge in [-0.05, 0) is 53.1 Å². The van der Waals surface area contributed by atoms with Crippen molar-refractivity contribution in [3.05, 3.63) is 101 Å². The van der Waals surface area contributed by atoms with Gasteiger partial charge in [-0.3, -0.25) is 9.59 Å². The number of aromatic nitrogens is 1. The van der Waals surface area contributed by atoms with E-state index in [1.165, 1.54) is 30.4 Å². The first kappa shape index (κ1) is 24.9. The zero-order chi connectivity index (χ0) is 25.7. The van der Waals surface area contributed by atoms with Crippen LogP contribution in [0.25, 0.3) is 23.3 Å². The van der Waals surface area contributed by atoms with Gasteiger partial charge in [0.2, 0.25) is 5.91 Å². The number of halogens is 3. The SMILES string of the molecule is CC(=O)Nc1nc(/C=C/c2ccc(NC(=O)c3ccccc3-c3ccc(C(F)(F)F)cc3)cc2)cs1. The number of thiazole rings is 1. The Morgan fingerprint density at radius 3 is 2.25 bits per heavy atom. The highest BCUT2D eigenvalue weighted by Crippen LogP contribution is 2.32. The average Bonchev–Trinajstić information content (AvgIpc) is 3.29. The van der Waals surface area contributed by atoms with Crippen LogP contribution in [0.2, 0.25) is 0 Å². The summed E-state index contributed by atoms with van der Waals surface area (Å²) in [6.45, 7) is 1.42. The molecule has 2 N–H and O–H groups in total. The summed E-state index contributed by atoms with van der Waals surface area (Å²) in [5.41, 5.74) is 2.81. The number of carbonyl (C=O) groups is 2. The van der Waals surface area contributed by atoms with Crippen molar-refractivity contribution >= 4 is 46.1 Å². The van der Waals surface area contributed by atoms with Crippen LogP contribution in [0.3, 0.4) is 0 Å². The zero-order valence-electron chi connectivity index (χ0n) is 19.0. The quantitative estimate of drug-likeness (QED) is 0.290. The molecule has 1 aromatic heterocycles. The smallest absolute Gasteiger partial charge is 0.322 e. The first-order chi connectivity index (χ1) is 17.2. The number of amides is 2. The van der Waals surface area contributed by atoms with E-state index in [-0.39, 0.29) is 11.8 Å². The van der Waals surface area contributed by atoms with Crippen LogP contribution >= 0.6 is 11.3 Å². The van der Waals surface area contributed by atoms with E-state index in [0.717, 1.165) is 17.7 Å². The molecule has 36 heavy (non-hydrogen) atoms. The molecule has 0 saturated carbocycles. The maximum atomic E-state index is 13.0. The molecule has 0 aliphatic rings. The molecule has 1 heterocycles. The molecule has 182 valence electrons. The minimum absolute atomic E-state index is 0.181. The van der Waals surface area contributed by atoms with Crippen molar-refractivity contribution in [1.29, 1.82) is 0 Å². The lowest BCUT2D eigenvalue weighted by atomic mass is 9.98. The second-order valence-electron chi connectivity index (χ2n) is 7.79. The van der Waals surface area contributed by atoms with Gasteiger partial charge in [0.15, 0.2) is 5.13 Å². The Morgan fingerprint density at radius 2 is 1.58 bits per heavy atom. The van der Waals surface area contributed by atoms with Crippen molar-refractivity contribution < 1.29 is 22.8 Å². The molecule has 0 aliphatic heterocycles. The Bertz CT molecular complexity index is 1410. The van der Waals surface area contributed by atoms with Crippen molar-refractivity contribution in [3.63, 3.8) is 0 Å². The Balaban J connectivity index is 1.45. The molecule has 3 aromatic carbocycles. The monoisotopic (exact) mass is 507 g/mol. The Labute approximate surface area is 209 Å². The lowest BCUT2D eigenvalue weighted by molar-refractivity contribution is -0.137. The zero-order valence-corrected chi connectivity index (χ0v) is 19.8. The van der Waals surface area contributed by atoms with Crippen molar-refractivity contribution in [2.45, 2.75) is 13.1 Å². The summed E-state index contributed by atoms with van der Waals surface area (Å²) in [5.74, 6) is -0.554. The largest absolute Gasteiger partial charge is 0.416 e. The van der Waals surface area contributed by atoms with Gasteiger partial charge in [0.25, 0.3) is 5.91 Å². The maximum Gasteiger partial charge on any atom is 0.416 e. The molecule has 0 radical (unpaired) electrons. The van der Waals surface area contributed by atoms with Gasteiger partial charge >= 0.3 is 6.18 Å². The predicted octanol–water partition coefficient (Wildman–Crippen LogP) is 7.21. The normalized spacial score (nSPS) is 11.4. The van der Waals surface area contributed by atoms with Crippen molar-refractivity contribution in [1.82, 2.24) is 4.98 Å². The molecule has 0 aliphatic carbocycles. The number of hydrogen-bond donors (Lipinski definition) is 2. The third kappa shape index (κ3) is 6.25. The van der Waals surface area contributed by atoms with E-state index in [2.05, 4.69) is 15.6 Å². The van der Waals surface area contributed by atoms with Crippen LogP contribution in [-0.2, 0) is 11.0 Å². The number of rotatable bonds is 6. The Kier molecular flexibility index (Phi) is 7.30. The summed E-state index contributed by atoms with van der Waals surface area (Å²) in [6, 6.07) is 18.6. The molecule has 0 saturated heterocycles. The van der Waals surface area contributed by atoms with E-state index < -0.39 is 11.7 Å². The molecular formula is C27H20F3N3O2S. The molecular weight excluding hydrogens is 487 g/mol. The molecule has 0 spiro atoms. The summed E-state index contributed by atoms with van der Waals surface area (Å²) in [7, 11) is 0. The second kappa shape index (κ2) is 10.6. The van der Waals surface area contributed by atoms with E-state index in [4.69, 9.17) is 0 Å². The van der Waals surface area contributed by atoms with E-state index in [1.807, 2.05) is 29.7 Å². The summed E-state index contributed by atoms with van der Waals surface area (Å²) >= 11 is 1.33. The summed E-state index contributed by atoms with van der Waals surface area (Å²) < 4.78 is 38.7. The van der Waals surface area contributed by atoms with E-state index in [1.54, 1.807) is 36.4 Å². The van der Waals surface area contributed by atoms with Gasteiger partial charge in [-0.2, -0.15) is 13.2 Å². The fraction of sp³-hybridized carbons (Fsp3) is 0.0741. The van der Waals surface area contributed by atoms with Gasteiger partial charge in [0, 0.05) is 23.6 Å². The molecule has 4 aromatic rings. The predicted molar refractivity (Wildman–Crippen MR) is 137 cm³/mol. The van der Waals surface area contributed by atoms with E-state index >= 15 is 0 Å². The standard InChI is InChI=1S/C27H20F3N3O2S/c1-17(34)31-26-33-22(16-36-26)15-8-18-6-13-21(14-7-18)32-25(35)24-5-3-2-4-23(24)19-9-11-20(12-10-19)27(28,29)30/h2-16H,1H3,(H,32,35)(H,31,33,34)/b15-8+. The first-order valence-corrected chi connectivity index (χ1v) is 11.7. The van der Waals surface area contributed by atoms with Crippen LogP contribution in [0.1, 0.15) is 34.1 Å². The minimum atomic E-state index is -4.42. The molecule has 0 fully saturated rings.